The number of fused-ring (bicyclic) bond motifs is 1. The molecule has 0 atom stereocenters. The standard InChI is InChI=1S/C13H15N5O2S/c14-10-2-3-12-11(8-10)13(9-15-12)21(19,20)17-5-7-18-6-1-4-16-18/h1-4,6,8-9,15,17H,5,7,14H2. The second kappa shape index (κ2) is 5.23. The van der Waals surface area contributed by atoms with E-state index in [4.69, 9.17) is 5.73 Å². The zero-order chi connectivity index (χ0) is 14.9. The van der Waals surface area contributed by atoms with Gasteiger partial charge in [-0.2, -0.15) is 5.10 Å². The Morgan fingerprint density at radius 2 is 2.24 bits per heavy atom. The van der Waals surface area contributed by atoms with Crippen LogP contribution in [-0.2, 0) is 16.6 Å². The predicted octanol–water partition coefficient (Wildman–Crippen LogP) is 0.925. The molecule has 1 aromatic carbocycles. The first-order valence-electron chi connectivity index (χ1n) is 6.40. The number of hydrogen-bond donors (Lipinski definition) is 3. The molecule has 4 N–H and O–H groups in total. The normalized spacial score (nSPS) is 12.0. The molecule has 0 amide bonds. The summed E-state index contributed by atoms with van der Waals surface area (Å²) in [4.78, 5) is 3.13. The van der Waals surface area contributed by atoms with Crippen molar-refractivity contribution in [2.75, 3.05) is 12.3 Å². The lowest BCUT2D eigenvalue weighted by Gasteiger charge is -2.06. The van der Waals surface area contributed by atoms with Crippen LogP contribution in [0.15, 0.2) is 47.8 Å². The Hall–Kier alpha value is -2.32. The van der Waals surface area contributed by atoms with Crippen molar-refractivity contribution in [1.29, 1.82) is 0 Å². The summed E-state index contributed by atoms with van der Waals surface area (Å²) in [7, 11) is -3.59. The van der Waals surface area contributed by atoms with Crippen LogP contribution in [0.25, 0.3) is 10.9 Å². The fourth-order valence-corrected chi connectivity index (χ4v) is 3.33. The number of hydrogen-bond acceptors (Lipinski definition) is 4. The van der Waals surface area contributed by atoms with Crippen molar-refractivity contribution in [2.24, 2.45) is 0 Å². The number of aromatic amines is 1. The van der Waals surface area contributed by atoms with E-state index < -0.39 is 10.0 Å². The highest BCUT2D eigenvalue weighted by molar-refractivity contribution is 7.89. The maximum Gasteiger partial charge on any atom is 0.242 e. The SMILES string of the molecule is Nc1ccc2[nH]cc(S(=O)(=O)NCCn3cccn3)c2c1. The van der Waals surface area contributed by atoms with Gasteiger partial charge in [0.25, 0.3) is 0 Å². The largest absolute Gasteiger partial charge is 0.399 e. The average molecular weight is 305 g/mol. The van der Waals surface area contributed by atoms with Crippen LogP contribution >= 0.6 is 0 Å². The van der Waals surface area contributed by atoms with Gasteiger partial charge < -0.3 is 10.7 Å². The fraction of sp³-hybridized carbons (Fsp3) is 0.154. The molecule has 2 aromatic heterocycles. The third-order valence-corrected chi connectivity index (χ3v) is 4.65. The molecule has 0 fully saturated rings. The summed E-state index contributed by atoms with van der Waals surface area (Å²) < 4.78 is 28.9. The van der Waals surface area contributed by atoms with Crippen molar-refractivity contribution in [3.05, 3.63) is 42.9 Å². The van der Waals surface area contributed by atoms with Gasteiger partial charge in [-0.15, -0.1) is 0 Å². The van der Waals surface area contributed by atoms with Crippen molar-refractivity contribution < 1.29 is 8.42 Å². The Bertz CT molecular complexity index is 852. The Balaban J connectivity index is 1.81. The number of H-pyrrole nitrogens is 1. The summed E-state index contributed by atoms with van der Waals surface area (Å²) in [5, 5.41) is 4.60. The van der Waals surface area contributed by atoms with E-state index in [1.165, 1.54) is 6.20 Å². The summed E-state index contributed by atoms with van der Waals surface area (Å²) in [5.74, 6) is 0. The maximum atomic E-state index is 12.3. The number of nitrogen functional groups attached to an aromatic ring is 1. The molecule has 0 aliphatic carbocycles. The van der Waals surface area contributed by atoms with Gasteiger partial charge in [0.2, 0.25) is 10.0 Å². The summed E-state index contributed by atoms with van der Waals surface area (Å²) >= 11 is 0. The fourth-order valence-electron chi connectivity index (χ4n) is 2.14. The molecule has 0 radical (unpaired) electrons. The maximum absolute atomic E-state index is 12.3. The van der Waals surface area contributed by atoms with Gasteiger partial charge in [0, 0.05) is 41.7 Å². The molecule has 7 nitrogen and oxygen atoms in total. The van der Waals surface area contributed by atoms with Crippen LogP contribution < -0.4 is 10.5 Å². The molecule has 110 valence electrons. The third kappa shape index (κ3) is 2.76. The van der Waals surface area contributed by atoms with Crippen molar-refractivity contribution in [1.82, 2.24) is 19.5 Å². The molecule has 2 heterocycles. The van der Waals surface area contributed by atoms with Crippen LogP contribution in [0.4, 0.5) is 5.69 Å². The first-order chi connectivity index (χ1) is 10.1. The summed E-state index contributed by atoms with van der Waals surface area (Å²) in [5.41, 5.74) is 6.98. The lowest BCUT2D eigenvalue weighted by Crippen LogP contribution is -2.27. The number of aromatic nitrogens is 3. The molecule has 8 heteroatoms. The van der Waals surface area contributed by atoms with Crippen LogP contribution in [0, 0.1) is 0 Å². The van der Waals surface area contributed by atoms with E-state index in [1.807, 2.05) is 0 Å². The third-order valence-electron chi connectivity index (χ3n) is 3.15. The lowest BCUT2D eigenvalue weighted by atomic mass is 10.2. The number of nitrogens with zero attached hydrogens (tertiary/aromatic N) is 2. The van der Waals surface area contributed by atoms with Crippen LogP contribution in [-0.4, -0.2) is 29.7 Å². The second-order valence-corrected chi connectivity index (χ2v) is 6.36. The summed E-state index contributed by atoms with van der Waals surface area (Å²) in [6.45, 7) is 0.732. The monoisotopic (exact) mass is 305 g/mol. The van der Waals surface area contributed by atoms with Gasteiger partial charge in [-0.1, -0.05) is 0 Å². The molecule has 0 saturated carbocycles. The Morgan fingerprint density at radius 1 is 1.38 bits per heavy atom. The molecule has 0 spiro atoms. The second-order valence-electron chi connectivity index (χ2n) is 4.62. The smallest absolute Gasteiger partial charge is 0.242 e. The molecular formula is C13H15N5O2S. The highest BCUT2D eigenvalue weighted by Gasteiger charge is 2.18. The van der Waals surface area contributed by atoms with Gasteiger partial charge in [0.1, 0.15) is 4.90 Å². The van der Waals surface area contributed by atoms with E-state index in [0.717, 1.165) is 5.52 Å². The van der Waals surface area contributed by atoms with Crippen LogP contribution in [0.5, 0.6) is 0 Å². The van der Waals surface area contributed by atoms with E-state index in [0.29, 0.717) is 17.6 Å². The van der Waals surface area contributed by atoms with Crippen LogP contribution in [0.1, 0.15) is 0 Å². The molecule has 0 aliphatic heterocycles. The van der Waals surface area contributed by atoms with E-state index in [1.54, 1.807) is 41.3 Å². The molecule has 0 bridgehead atoms. The van der Waals surface area contributed by atoms with E-state index in [2.05, 4.69) is 14.8 Å². The Labute approximate surface area is 121 Å². The lowest BCUT2D eigenvalue weighted by molar-refractivity contribution is 0.561. The van der Waals surface area contributed by atoms with E-state index in [9.17, 15) is 8.42 Å². The molecule has 3 aromatic rings. The molecule has 0 saturated heterocycles. The number of nitrogens with two attached hydrogens (primary N) is 1. The first-order valence-corrected chi connectivity index (χ1v) is 7.88. The van der Waals surface area contributed by atoms with Crippen molar-refractivity contribution in [3.63, 3.8) is 0 Å². The van der Waals surface area contributed by atoms with E-state index >= 15 is 0 Å². The van der Waals surface area contributed by atoms with E-state index in [-0.39, 0.29) is 11.4 Å². The van der Waals surface area contributed by atoms with Crippen molar-refractivity contribution in [2.45, 2.75) is 11.4 Å². The van der Waals surface area contributed by atoms with Gasteiger partial charge in [-0.05, 0) is 24.3 Å². The first kappa shape index (κ1) is 13.7. The van der Waals surface area contributed by atoms with Crippen molar-refractivity contribution >= 4 is 26.6 Å². The zero-order valence-corrected chi connectivity index (χ0v) is 12.0. The Kier molecular flexibility index (Phi) is 3.40. The van der Waals surface area contributed by atoms with Crippen LogP contribution in [0.3, 0.4) is 0 Å². The zero-order valence-electron chi connectivity index (χ0n) is 11.2. The molecule has 0 unspecified atom stereocenters. The highest BCUT2D eigenvalue weighted by atomic mass is 32.2. The predicted molar refractivity (Wildman–Crippen MR) is 80.1 cm³/mol. The quantitative estimate of drug-likeness (QED) is 0.609. The topological polar surface area (TPSA) is 106 Å². The van der Waals surface area contributed by atoms with Crippen LogP contribution in [0.2, 0.25) is 0 Å². The minimum absolute atomic E-state index is 0.199. The number of rotatable bonds is 5. The highest BCUT2D eigenvalue weighted by Crippen LogP contribution is 2.24. The van der Waals surface area contributed by atoms with Crippen molar-refractivity contribution in [3.8, 4) is 0 Å². The van der Waals surface area contributed by atoms with Gasteiger partial charge in [-0.25, -0.2) is 13.1 Å². The van der Waals surface area contributed by atoms with Gasteiger partial charge in [0.05, 0.1) is 6.54 Å². The van der Waals surface area contributed by atoms with Gasteiger partial charge in [0.15, 0.2) is 0 Å². The molecule has 21 heavy (non-hydrogen) atoms. The Morgan fingerprint density at radius 3 is 3.00 bits per heavy atom. The minimum Gasteiger partial charge on any atom is -0.399 e. The average Bonchev–Trinajstić information content (AvgIpc) is 3.07. The summed E-state index contributed by atoms with van der Waals surface area (Å²) in [6.07, 6.45) is 4.90. The van der Waals surface area contributed by atoms with Gasteiger partial charge in [-0.3, -0.25) is 4.68 Å². The molecular weight excluding hydrogens is 290 g/mol. The van der Waals surface area contributed by atoms with Gasteiger partial charge >= 0.3 is 0 Å². The number of sulfonamides is 1. The minimum atomic E-state index is -3.59. The summed E-state index contributed by atoms with van der Waals surface area (Å²) in [6, 6.07) is 6.92. The molecule has 3 rings (SSSR count). The molecule has 0 aliphatic rings. The number of benzene rings is 1. The number of anilines is 1. The number of nitrogens with one attached hydrogen (secondary N) is 2.